The van der Waals surface area contributed by atoms with Crippen LogP contribution in [0.5, 0.6) is 0 Å². The van der Waals surface area contributed by atoms with Gasteiger partial charge in [-0.05, 0) is 42.9 Å². The van der Waals surface area contributed by atoms with E-state index in [2.05, 4.69) is 0 Å². The highest BCUT2D eigenvalue weighted by Gasteiger charge is 2.32. The number of benzene rings is 1. The van der Waals surface area contributed by atoms with E-state index in [0.29, 0.717) is 36.0 Å². The zero-order valence-electron chi connectivity index (χ0n) is 13.7. The van der Waals surface area contributed by atoms with Crippen molar-refractivity contribution in [2.24, 2.45) is 5.73 Å². The Kier molecular flexibility index (Phi) is 5.33. The lowest BCUT2D eigenvalue weighted by Gasteiger charge is -2.23. The SMILES string of the molecule is NC(=S)CC[C@H]1CN(c2ccc(C3CCCCC3)c(F)c2)C(=O)O1. The molecule has 0 unspecified atom stereocenters. The molecule has 4 nitrogen and oxygen atoms in total. The van der Waals surface area contributed by atoms with Gasteiger partial charge >= 0.3 is 6.09 Å². The Hall–Kier alpha value is -1.69. The summed E-state index contributed by atoms with van der Waals surface area (Å²) in [6.45, 7) is 0.406. The van der Waals surface area contributed by atoms with Gasteiger partial charge in [-0.3, -0.25) is 4.90 Å². The topological polar surface area (TPSA) is 55.6 Å². The second-order valence-corrected chi connectivity index (χ2v) is 7.19. The van der Waals surface area contributed by atoms with Gasteiger partial charge in [0, 0.05) is 6.42 Å². The van der Waals surface area contributed by atoms with E-state index in [1.165, 1.54) is 17.4 Å². The van der Waals surface area contributed by atoms with Crippen LogP contribution < -0.4 is 10.6 Å². The maximum absolute atomic E-state index is 14.6. The number of amides is 1. The smallest absolute Gasteiger partial charge is 0.414 e. The largest absolute Gasteiger partial charge is 0.444 e. The molecule has 2 fully saturated rings. The molecule has 3 rings (SSSR count). The number of halogens is 1. The molecule has 130 valence electrons. The van der Waals surface area contributed by atoms with Crippen LogP contribution in [0.1, 0.15) is 56.4 Å². The number of cyclic esters (lactones) is 1. The Morgan fingerprint density at radius 2 is 2.08 bits per heavy atom. The maximum atomic E-state index is 14.6. The zero-order valence-corrected chi connectivity index (χ0v) is 14.5. The second kappa shape index (κ2) is 7.47. The highest BCUT2D eigenvalue weighted by Crippen LogP contribution is 2.35. The molecule has 1 aromatic carbocycles. The number of anilines is 1. The van der Waals surface area contributed by atoms with Gasteiger partial charge < -0.3 is 10.5 Å². The Balaban J connectivity index is 1.69. The molecule has 6 heteroatoms. The van der Waals surface area contributed by atoms with E-state index >= 15 is 0 Å². The first-order valence-corrected chi connectivity index (χ1v) is 9.01. The lowest BCUT2D eigenvalue weighted by molar-refractivity contribution is 0.138. The minimum Gasteiger partial charge on any atom is -0.444 e. The molecule has 0 bridgehead atoms. The van der Waals surface area contributed by atoms with Crippen molar-refractivity contribution in [2.75, 3.05) is 11.4 Å². The van der Waals surface area contributed by atoms with Gasteiger partial charge in [-0.15, -0.1) is 0 Å². The molecule has 1 heterocycles. The molecule has 1 saturated carbocycles. The van der Waals surface area contributed by atoms with Gasteiger partial charge in [0.1, 0.15) is 11.9 Å². The van der Waals surface area contributed by atoms with Gasteiger partial charge in [0.15, 0.2) is 0 Å². The molecule has 1 atom stereocenters. The predicted molar refractivity (Wildman–Crippen MR) is 95.9 cm³/mol. The summed E-state index contributed by atoms with van der Waals surface area (Å²) in [6.07, 6.45) is 6.10. The summed E-state index contributed by atoms with van der Waals surface area (Å²) in [5.74, 6) is 0.0791. The highest BCUT2D eigenvalue weighted by atomic mass is 32.1. The molecule has 0 radical (unpaired) electrons. The van der Waals surface area contributed by atoms with Crippen LogP contribution in [-0.4, -0.2) is 23.7 Å². The average Bonchev–Trinajstić information content (AvgIpc) is 2.94. The molecule has 2 N–H and O–H groups in total. The van der Waals surface area contributed by atoms with Gasteiger partial charge in [0.2, 0.25) is 0 Å². The van der Waals surface area contributed by atoms with E-state index in [-0.39, 0.29) is 11.9 Å². The van der Waals surface area contributed by atoms with Crippen LogP contribution in [0.2, 0.25) is 0 Å². The maximum Gasteiger partial charge on any atom is 0.414 e. The molecule has 1 aromatic rings. The molecule has 24 heavy (non-hydrogen) atoms. The van der Waals surface area contributed by atoms with Crippen molar-refractivity contribution in [3.8, 4) is 0 Å². The van der Waals surface area contributed by atoms with Crippen molar-refractivity contribution in [3.05, 3.63) is 29.6 Å². The number of ether oxygens (including phenoxy) is 1. The zero-order chi connectivity index (χ0) is 17.1. The van der Waals surface area contributed by atoms with Crippen LogP contribution in [0.3, 0.4) is 0 Å². The second-order valence-electron chi connectivity index (χ2n) is 6.66. The summed E-state index contributed by atoms with van der Waals surface area (Å²) in [7, 11) is 0. The number of carbonyl (C=O) groups excluding carboxylic acids is 1. The molecule has 1 saturated heterocycles. The van der Waals surface area contributed by atoms with E-state index in [4.69, 9.17) is 22.7 Å². The minimum absolute atomic E-state index is 0.223. The molecular formula is C18H23FN2O2S. The van der Waals surface area contributed by atoms with Crippen molar-refractivity contribution >= 4 is 29.0 Å². The lowest BCUT2D eigenvalue weighted by atomic mass is 9.84. The summed E-state index contributed by atoms with van der Waals surface area (Å²) >= 11 is 4.85. The van der Waals surface area contributed by atoms with Crippen LogP contribution in [0.15, 0.2) is 18.2 Å². The van der Waals surface area contributed by atoms with Crippen LogP contribution in [0.4, 0.5) is 14.9 Å². The number of hydrogen-bond donors (Lipinski definition) is 1. The number of nitrogens with zero attached hydrogens (tertiary/aromatic N) is 1. The molecule has 1 aliphatic heterocycles. The van der Waals surface area contributed by atoms with E-state index in [1.807, 2.05) is 12.1 Å². The average molecular weight is 350 g/mol. The summed E-state index contributed by atoms with van der Waals surface area (Å²) in [5, 5.41) is 0. The van der Waals surface area contributed by atoms with Crippen molar-refractivity contribution < 1.29 is 13.9 Å². The lowest BCUT2D eigenvalue weighted by Crippen LogP contribution is -2.25. The molecular weight excluding hydrogens is 327 g/mol. The van der Waals surface area contributed by atoms with E-state index in [9.17, 15) is 9.18 Å². The number of hydrogen-bond acceptors (Lipinski definition) is 3. The fourth-order valence-electron chi connectivity index (χ4n) is 3.61. The third-order valence-electron chi connectivity index (χ3n) is 4.93. The van der Waals surface area contributed by atoms with Crippen molar-refractivity contribution in [2.45, 2.75) is 57.0 Å². The van der Waals surface area contributed by atoms with Crippen LogP contribution in [0, 0.1) is 5.82 Å². The molecule has 1 amide bonds. The Bertz CT molecular complexity index is 631. The van der Waals surface area contributed by atoms with Crippen molar-refractivity contribution in [3.63, 3.8) is 0 Å². The third-order valence-corrected chi connectivity index (χ3v) is 5.13. The van der Waals surface area contributed by atoms with Gasteiger partial charge in [-0.25, -0.2) is 9.18 Å². The summed E-state index contributed by atoms with van der Waals surface area (Å²) in [5.41, 5.74) is 6.81. The van der Waals surface area contributed by atoms with E-state index in [1.54, 1.807) is 0 Å². The van der Waals surface area contributed by atoms with Gasteiger partial charge in [0.25, 0.3) is 0 Å². The quantitative estimate of drug-likeness (QED) is 0.806. The number of nitrogens with two attached hydrogens (primary N) is 1. The van der Waals surface area contributed by atoms with Crippen molar-refractivity contribution in [1.29, 1.82) is 0 Å². The third kappa shape index (κ3) is 3.86. The van der Waals surface area contributed by atoms with Gasteiger partial charge in [-0.1, -0.05) is 37.5 Å². The first kappa shape index (κ1) is 17.1. The van der Waals surface area contributed by atoms with E-state index in [0.717, 1.165) is 31.2 Å². The summed E-state index contributed by atoms with van der Waals surface area (Å²) in [6, 6.07) is 5.11. The van der Waals surface area contributed by atoms with Crippen LogP contribution in [0.25, 0.3) is 0 Å². The molecule has 2 aliphatic rings. The highest BCUT2D eigenvalue weighted by molar-refractivity contribution is 7.80. The first-order valence-electron chi connectivity index (χ1n) is 8.60. The molecule has 0 aromatic heterocycles. The first-order chi connectivity index (χ1) is 11.5. The van der Waals surface area contributed by atoms with Gasteiger partial charge in [-0.2, -0.15) is 0 Å². The monoisotopic (exact) mass is 350 g/mol. The molecule has 0 spiro atoms. The summed E-state index contributed by atoms with van der Waals surface area (Å²) in [4.78, 5) is 13.9. The van der Waals surface area contributed by atoms with E-state index < -0.39 is 6.09 Å². The fourth-order valence-corrected chi connectivity index (χ4v) is 3.73. The van der Waals surface area contributed by atoms with Gasteiger partial charge in [0.05, 0.1) is 17.2 Å². The van der Waals surface area contributed by atoms with Crippen molar-refractivity contribution in [1.82, 2.24) is 0 Å². The van der Waals surface area contributed by atoms with Crippen LogP contribution in [-0.2, 0) is 4.74 Å². The number of thiocarbonyl (C=S) groups is 1. The molecule has 1 aliphatic carbocycles. The standard InChI is InChI=1S/C18H23FN2O2S/c19-16-10-13(6-8-15(16)12-4-2-1-3-5-12)21-11-14(23-18(21)22)7-9-17(20)24/h6,8,10,12,14H,1-5,7,9,11H2,(H2,20,24)/t14-/m0/s1. The minimum atomic E-state index is -0.437. The Labute approximate surface area is 147 Å². The Morgan fingerprint density at radius 3 is 2.75 bits per heavy atom. The normalized spacial score (nSPS) is 21.8. The number of rotatable bonds is 5. The predicted octanol–water partition coefficient (Wildman–Crippen LogP) is 4.26. The Morgan fingerprint density at radius 1 is 1.33 bits per heavy atom. The van der Waals surface area contributed by atoms with Crippen LogP contribution >= 0.6 is 12.2 Å². The number of carbonyl (C=O) groups is 1. The fraction of sp³-hybridized carbons (Fsp3) is 0.556. The summed E-state index contributed by atoms with van der Waals surface area (Å²) < 4.78 is 19.9.